The van der Waals surface area contributed by atoms with E-state index in [1.807, 2.05) is 18.2 Å². The molecule has 0 atom stereocenters. The van der Waals surface area contributed by atoms with Gasteiger partial charge in [-0.2, -0.15) is 0 Å². The molecular weight excluding hydrogens is 396 g/mol. The highest BCUT2D eigenvalue weighted by molar-refractivity contribution is 7.89. The predicted molar refractivity (Wildman–Crippen MR) is 109 cm³/mol. The van der Waals surface area contributed by atoms with Gasteiger partial charge in [-0.05, 0) is 24.1 Å². The molecule has 7 nitrogen and oxygen atoms in total. The first-order valence-electron chi connectivity index (χ1n) is 8.74. The molecule has 0 aliphatic rings. The van der Waals surface area contributed by atoms with Gasteiger partial charge in [-0.25, -0.2) is 13.1 Å². The number of nitrogens with one attached hydrogen (secondary N) is 2. The van der Waals surface area contributed by atoms with E-state index in [9.17, 15) is 13.2 Å². The Morgan fingerprint density at radius 1 is 0.929 bits per heavy atom. The number of carbonyl (C=O) groups is 1. The SMILES string of the molecule is O=C(CCNS(=O)(=O)c1ccccc1)Nc1nnc(CCc2ccccc2)s1. The van der Waals surface area contributed by atoms with E-state index < -0.39 is 10.0 Å². The van der Waals surface area contributed by atoms with Gasteiger partial charge in [0.05, 0.1) is 4.90 Å². The molecule has 0 aliphatic carbocycles. The Kier molecular flexibility index (Phi) is 6.85. The molecule has 0 saturated heterocycles. The minimum atomic E-state index is -3.61. The summed E-state index contributed by atoms with van der Waals surface area (Å²) in [5.74, 6) is -0.318. The van der Waals surface area contributed by atoms with E-state index in [1.54, 1.807) is 18.2 Å². The highest BCUT2D eigenvalue weighted by Gasteiger charge is 2.14. The summed E-state index contributed by atoms with van der Waals surface area (Å²) in [6, 6.07) is 18.1. The van der Waals surface area contributed by atoms with E-state index in [1.165, 1.54) is 29.0 Å². The number of hydrogen-bond donors (Lipinski definition) is 2. The van der Waals surface area contributed by atoms with E-state index in [-0.39, 0.29) is 23.8 Å². The van der Waals surface area contributed by atoms with Crippen molar-refractivity contribution >= 4 is 32.4 Å². The molecule has 0 radical (unpaired) electrons. The lowest BCUT2D eigenvalue weighted by Gasteiger charge is -2.06. The van der Waals surface area contributed by atoms with Crippen LogP contribution in [-0.2, 0) is 27.7 Å². The number of carbonyl (C=O) groups excluding carboxylic acids is 1. The number of hydrogen-bond acceptors (Lipinski definition) is 6. The molecule has 28 heavy (non-hydrogen) atoms. The molecule has 0 fully saturated rings. The minimum Gasteiger partial charge on any atom is -0.300 e. The van der Waals surface area contributed by atoms with Crippen LogP contribution in [0.15, 0.2) is 65.6 Å². The Hall–Kier alpha value is -2.62. The average molecular weight is 417 g/mol. The number of aromatic nitrogens is 2. The lowest BCUT2D eigenvalue weighted by molar-refractivity contribution is -0.116. The lowest BCUT2D eigenvalue weighted by atomic mass is 10.1. The first kappa shape index (κ1) is 20.1. The van der Waals surface area contributed by atoms with Gasteiger partial charge in [0.1, 0.15) is 5.01 Å². The van der Waals surface area contributed by atoms with Crippen molar-refractivity contribution in [2.45, 2.75) is 24.2 Å². The van der Waals surface area contributed by atoms with Gasteiger partial charge in [0.25, 0.3) is 0 Å². The van der Waals surface area contributed by atoms with E-state index >= 15 is 0 Å². The summed E-state index contributed by atoms with van der Waals surface area (Å²) in [4.78, 5) is 12.2. The van der Waals surface area contributed by atoms with Gasteiger partial charge in [0, 0.05) is 19.4 Å². The molecular formula is C19H20N4O3S2. The average Bonchev–Trinajstić information content (AvgIpc) is 3.15. The van der Waals surface area contributed by atoms with Crippen LogP contribution in [0, 0.1) is 0 Å². The Bertz CT molecular complexity index is 1010. The Morgan fingerprint density at radius 3 is 2.32 bits per heavy atom. The predicted octanol–water partition coefficient (Wildman–Crippen LogP) is 2.63. The third-order valence-corrected chi connectivity index (χ3v) is 6.26. The largest absolute Gasteiger partial charge is 0.300 e. The fraction of sp³-hybridized carbons (Fsp3) is 0.211. The van der Waals surface area contributed by atoms with Crippen LogP contribution in [0.2, 0.25) is 0 Å². The summed E-state index contributed by atoms with van der Waals surface area (Å²) in [6.45, 7) is 0.00271. The highest BCUT2D eigenvalue weighted by atomic mass is 32.2. The molecule has 1 amide bonds. The smallest absolute Gasteiger partial charge is 0.240 e. The maximum atomic E-state index is 12.1. The van der Waals surface area contributed by atoms with Crippen molar-refractivity contribution in [3.63, 3.8) is 0 Å². The number of aryl methyl sites for hydroxylation is 2. The third kappa shape index (κ3) is 5.95. The fourth-order valence-corrected chi connectivity index (χ4v) is 4.27. The van der Waals surface area contributed by atoms with Crippen LogP contribution in [0.5, 0.6) is 0 Å². The summed E-state index contributed by atoms with van der Waals surface area (Å²) in [5.41, 5.74) is 1.22. The van der Waals surface area contributed by atoms with Gasteiger partial charge in [-0.15, -0.1) is 10.2 Å². The second-order valence-electron chi connectivity index (χ2n) is 6.00. The molecule has 0 bridgehead atoms. The van der Waals surface area contributed by atoms with Crippen LogP contribution >= 0.6 is 11.3 Å². The van der Waals surface area contributed by atoms with Crippen molar-refractivity contribution < 1.29 is 13.2 Å². The van der Waals surface area contributed by atoms with Crippen molar-refractivity contribution in [3.8, 4) is 0 Å². The molecule has 9 heteroatoms. The number of rotatable bonds is 9. The molecule has 146 valence electrons. The normalized spacial score (nSPS) is 11.3. The molecule has 2 N–H and O–H groups in total. The van der Waals surface area contributed by atoms with Gasteiger partial charge in [-0.3, -0.25) is 4.79 Å². The molecule has 3 rings (SSSR count). The standard InChI is InChI=1S/C19H20N4O3S2/c24-17(13-14-20-28(25,26)16-9-5-2-6-10-16)21-19-23-22-18(27-19)12-11-15-7-3-1-4-8-15/h1-10,20H,11-14H2,(H,21,23,24). The minimum absolute atomic E-state index is 0.00271. The lowest BCUT2D eigenvalue weighted by Crippen LogP contribution is -2.27. The van der Waals surface area contributed by atoms with Gasteiger partial charge in [0.15, 0.2) is 0 Å². The zero-order chi connectivity index (χ0) is 19.8. The molecule has 1 heterocycles. The van der Waals surface area contributed by atoms with Crippen LogP contribution < -0.4 is 10.0 Å². The second-order valence-corrected chi connectivity index (χ2v) is 8.82. The van der Waals surface area contributed by atoms with E-state index in [0.717, 1.165) is 17.8 Å². The second kappa shape index (κ2) is 9.54. The van der Waals surface area contributed by atoms with E-state index in [0.29, 0.717) is 5.13 Å². The van der Waals surface area contributed by atoms with Gasteiger partial charge >= 0.3 is 0 Å². The summed E-state index contributed by atoms with van der Waals surface area (Å²) in [7, 11) is -3.61. The Labute approximate surface area is 167 Å². The molecule has 1 aromatic heterocycles. The highest BCUT2D eigenvalue weighted by Crippen LogP contribution is 2.17. The zero-order valence-electron chi connectivity index (χ0n) is 15.0. The summed E-state index contributed by atoms with van der Waals surface area (Å²) in [5, 5.41) is 12.0. The zero-order valence-corrected chi connectivity index (χ0v) is 16.7. The monoisotopic (exact) mass is 416 g/mol. The van der Waals surface area contributed by atoms with Crippen LogP contribution in [0.25, 0.3) is 0 Å². The fourth-order valence-electron chi connectivity index (χ4n) is 2.46. The molecule has 0 saturated carbocycles. The van der Waals surface area contributed by atoms with Gasteiger partial charge in [-0.1, -0.05) is 59.9 Å². The van der Waals surface area contributed by atoms with E-state index in [4.69, 9.17) is 0 Å². The Morgan fingerprint density at radius 2 is 1.61 bits per heavy atom. The third-order valence-electron chi connectivity index (χ3n) is 3.88. The first-order valence-corrected chi connectivity index (χ1v) is 11.0. The molecule has 0 aliphatic heterocycles. The molecule has 2 aromatic carbocycles. The van der Waals surface area contributed by atoms with Gasteiger partial charge < -0.3 is 5.32 Å². The Balaban J connectivity index is 1.43. The number of nitrogens with zero attached hydrogens (tertiary/aromatic N) is 2. The number of amides is 1. The van der Waals surface area contributed by atoms with Gasteiger partial charge in [0.2, 0.25) is 21.1 Å². The van der Waals surface area contributed by atoms with Crippen molar-refractivity contribution in [2.75, 3.05) is 11.9 Å². The molecule has 3 aromatic rings. The van der Waals surface area contributed by atoms with Crippen LogP contribution in [0.3, 0.4) is 0 Å². The van der Waals surface area contributed by atoms with Crippen LogP contribution in [0.4, 0.5) is 5.13 Å². The van der Waals surface area contributed by atoms with Crippen LogP contribution in [0.1, 0.15) is 17.0 Å². The summed E-state index contributed by atoms with van der Waals surface area (Å²) in [6.07, 6.45) is 1.60. The maximum absolute atomic E-state index is 12.1. The molecule has 0 spiro atoms. The van der Waals surface area contributed by atoms with Crippen molar-refractivity contribution in [1.82, 2.24) is 14.9 Å². The number of anilines is 1. The van der Waals surface area contributed by atoms with Crippen LogP contribution in [-0.4, -0.2) is 31.1 Å². The van der Waals surface area contributed by atoms with Crippen molar-refractivity contribution in [3.05, 3.63) is 71.2 Å². The number of sulfonamides is 1. The van der Waals surface area contributed by atoms with Crippen molar-refractivity contribution in [2.24, 2.45) is 0 Å². The molecule has 0 unspecified atom stereocenters. The van der Waals surface area contributed by atoms with Crippen molar-refractivity contribution in [1.29, 1.82) is 0 Å². The first-order chi connectivity index (χ1) is 13.5. The maximum Gasteiger partial charge on any atom is 0.240 e. The van der Waals surface area contributed by atoms with E-state index in [2.05, 4.69) is 32.4 Å². The quantitative estimate of drug-likeness (QED) is 0.558. The summed E-state index contributed by atoms with van der Waals surface area (Å²) >= 11 is 1.32. The summed E-state index contributed by atoms with van der Waals surface area (Å²) < 4.78 is 26.6. The topological polar surface area (TPSA) is 101 Å². The number of benzene rings is 2.